The molecule has 3 nitrogen and oxygen atoms in total. The lowest BCUT2D eigenvalue weighted by Crippen LogP contribution is -2.03. The molecule has 0 fully saturated rings. The number of oxazole rings is 1. The third-order valence-corrected chi connectivity index (χ3v) is 6.25. The summed E-state index contributed by atoms with van der Waals surface area (Å²) in [7, 11) is 0. The second-order valence-corrected chi connectivity index (χ2v) is 8.42. The Morgan fingerprint density at radius 1 is 0.735 bits per heavy atom. The molecule has 2 heterocycles. The standard InChI is InChI=1S/C29H20F2N2O/c30-22-7-4-8-23(31)28(22)25-15-14-24(32-25)19-9-11-20(12-10-19)29-33-26-17-21(13-16-27(26)34-29)18-5-2-1-3-6-18/h1-13,16-17,24H,14-15H2. The number of hydrogen-bond donors (Lipinski definition) is 0. The van der Waals surface area contributed by atoms with Gasteiger partial charge in [0, 0.05) is 11.3 Å². The van der Waals surface area contributed by atoms with Crippen LogP contribution in [0.4, 0.5) is 8.78 Å². The molecule has 5 aromatic rings. The van der Waals surface area contributed by atoms with E-state index in [1.165, 1.54) is 18.2 Å². The smallest absolute Gasteiger partial charge is 0.227 e. The van der Waals surface area contributed by atoms with Crippen molar-refractivity contribution in [1.29, 1.82) is 0 Å². The van der Waals surface area contributed by atoms with E-state index < -0.39 is 11.6 Å². The lowest BCUT2D eigenvalue weighted by Gasteiger charge is -2.07. The van der Waals surface area contributed by atoms with Crippen LogP contribution in [0, 0.1) is 11.6 Å². The van der Waals surface area contributed by atoms with Crippen molar-refractivity contribution in [2.24, 2.45) is 4.99 Å². The fourth-order valence-electron chi connectivity index (χ4n) is 4.50. The van der Waals surface area contributed by atoms with Crippen LogP contribution in [-0.2, 0) is 0 Å². The van der Waals surface area contributed by atoms with Crippen LogP contribution in [0.2, 0.25) is 0 Å². The van der Waals surface area contributed by atoms with Gasteiger partial charge in [0.2, 0.25) is 5.89 Å². The van der Waals surface area contributed by atoms with Crippen LogP contribution in [0.5, 0.6) is 0 Å². The van der Waals surface area contributed by atoms with E-state index in [0.717, 1.165) is 33.4 Å². The van der Waals surface area contributed by atoms with E-state index in [2.05, 4.69) is 22.1 Å². The van der Waals surface area contributed by atoms with Gasteiger partial charge in [-0.05, 0) is 65.9 Å². The maximum absolute atomic E-state index is 14.1. The first kappa shape index (κ1) is 20.5. The Morgan fingerprint density at radius 2 is 1.47 bits per heavy atom. The van der Waals surface area contributed by atoms with Crippen LogP contribution in [0.25, 0.3) is 33.7 Å². The van der Waals surface area contributed by atoms with Crippen molar-refractivity contribution >= 4 is 16.8 Å². The molecule has 1 aliphatic rings. The second-order valence-electron chi connectivity index (χ2n) is 8.42. The topological polar surface area (TPSA) is 38.4 Å². The minimum atomic E-state index is -0.568. The van der Waals surface area contributed by atoms with Crippen LogP contribution in [0.3, 0.4) is 0 Å². The van der Waals surface area contributed by atoms with Crippen molar-refractivity contribution < 1.29 is 13.2 Å². The molecule has 0 aliphatic carbocycles. The van der Waals surface area contributed by atoms with Gasteiger partial charge in [0.25, 0.3) is 0 Å². The van der Waals surface area contributed by atoms with Gasteiger partial charge in [-0.15, -0.1) is 0 Å². The van der Waals surface area contributed by atoms with Crippen LogP contribution < -0.4 is 0 Å². The van der Waals surface area contributed by atoms with E-state index >= 15 is 0 Å². The van der Waals surface area contributed by atoms with Gasteiger partial charge >= 0.3 is 0 Å². The molecule has 166 valence electrons. The SMILES string of the molecule is Fc1cccc(F)c1C1=NC(c2ccc(-c3nc4cc(-c5ccccc5)ccc4o3)cc2)CC1. The molecule has 0 N–H and O–H groups in total. The average Bonchev–Trinajstić information content (AvgIpc) is 3.52. The van der Waals surface area contributed by atoms with Crippen molar-refractivity contribution in [3.05, 3.63) is 114 Å². The summed E-state index contributed by atoms with van der Waals surface area (Å²) in [6.07, 6.45) is 1.26. The molecule has 5 heteroatoms. The molecular formula is C29H20F2N2O. The summed E-state index contributed by atoms with van der Waals surface area (Å²) in [5.41, 5.74) is 6.09. The van der Waals surface area contributed by atoms with Gasteiger partial charge in [-0.2, -0.15) is 0 Å². The van der Waals surface area contributed by atoms with E-state index in [1.807, 2.05) is 60.7 Å². The lowest BCUT2D eigenvalue weighted by atomic mass is 10.0. The molecule has 1 aromatic heterocycles. The second kappa shape index (κ2) is 8.34. The highest BCUT2D eigenvalue weighted by Crippen LogP contribution is 2.34. The summed E-state index contributed by atoms with van der Waals surface area (Å²) in [5.74, 6) is -0.585. The van der Waals surface area contributed by atoms with Gasteiger partial charge in [-0.3, -0.25) is 4.99 Å². The summed E-state index contributed by atoms with van der Waals surface area (Å²) in [4.78, 5) is 9.31. The highest BCUT2D eigenvalue weighted by Gasteiger charge is 2.24. The fraction of sp³-hybridized carbons (Fsp3) is 0.103. The van der Waals surface area contributed by atoms with Crippen molar-refractivity contribution in [3.8, 4) is 22.6 Å². The Morgan fingerprint density at radius 3 is 2.24 bits per heavy atom. The van der Waals surface area contributed by atoms with E-state index in [0.29, 0.717) is 24.4 Å². The predicted molar refractivity (Wildman–Crippen MR) is 130 cm³/mol. The Labute approximate surface area is 195 Å². The molecule has 4 aromatic carbocycles. The zero-order valence-electron chi connectivity index (χ0n) is 18.2. The van der Waals surface area contributed by atoms with Gasteiger partial charge in [0.1, 0.15) is 17.2 Å². The molecule has 0 bridgehead atoms. The molecule has 1 unspecified atom stereocenters. The molecule has 34 heavy (non-hydrogen) atoms. The monoisotopic (exact) mass is 450 g/mol. The molecule has 0 saturated heterocycles. The van der Waals surface area contributed by atoms with E-state index in [-0.39, 0.29) is 11.6 Å². The first-order chi connectivity index (χ1) is 16.7. The maximum atomic E-state index is 14.1. The first-order valence-corrected chi connectivity index (χ1v) is 11.2. The van der Waals surface area contributed by atoms with Gasteiger partial charge in [-0.25, -0.2) is 13.8 Å². The molecule has 1 atom stereocenters. The number of aliphatic imine (C=N–C) groups is 1. The average molecular weight is 450 g/mol. The van der Waals surface area contributed by atoms with Gasteiger partial charge in [0.05, 0.1) is 11.6 Å². The zero-order valence-corrected chi connectivity index (χ0v) is 18.2. The maximum Gasteiger partial charge on any atom is 0.227 e. The van der Waals surface area contributed by atoms with E-state index in [1.54, 1.807) is 0 Å². The minimum absolute atomic E-state index is 0.0111. The Bertz CT molecular complexity index is 1500. The molecular weight excluding hydrogens is 430 g/mol. The highest BCUT2D eigenvalue weighted by atomic mass is 19.1. The Kier molecular flexibility index (Phi) is 5.02. The van der Waals surface area contributed by atoms with Crippen molar-refractivity contribution in [3.63, 3.8) is 0 Å². The summed E-state index contributed by atoms with van der Waals surface area (Å²) < 4.78 is 34.3. The third-order valence-electron chi connectivity index (χ3n) is 6.25. The number of hydrogen-bond acceptors (Lipinski definition) is 3. The van der Waals surface area contributed by atoms with Crippen LogP contribution in [0.1, 0.15) is 30.0 Å². The highest BCUT2D eigenvalue weighted by molar-refractivity contribution is 6.02. The minimum Gasteiger partial charge on any atom is -0.436 e. The molecule has 0 spiro atoms. The number of nitrogens with zero attached hydrogens (tertiary/aromatic N) is 2. The zero-order chi connectivity index (χ0) is 23.1. The number of aromatic nitrogens is 1. The molecule has 0 radical (unpaired) electrons. The van der Waals surface area contributed by atoms with Crippen LogP contribution in [0.15, 0.2) is 100 Å². The Balaban J connectivity index is 1.26. The van der Waals surface area contributed by atoms with Gasteiger partial charge in [0.15, 0.2) is 5.58 Å². The lowest BCUT2D eigenvalue weighted by molar-refractivity contribution is 0.578. The number of fused-ring (bicyclic) bond motifs is 1. The van der Waals surface area contributed by atoms with Gasteiger partial charge < -0.3 is 4.42 Å². The van der Waals surface area contributed by atoms with Crippen LogP contribution >= 0.6 is 0 Å². The number of halogens is 2. The quantitative estimate of drug-likeness (QED) is 0.281. The molecule has 0 amide bonds. The normalized spacial score (nSPS) is 15.6. The van der Waals surface area contributed by atoms with E-state index in [9.17, 15) is 8.78 Å². The van der Waals surface area contributed by atoms with Crippen molar-refractivity contribution in [1.82, 2.24) is 4.98 Å². The van der Waals surface area contributed by atoms with Gasteiger partial charge in [-0.1, -0.05) is 54.6 Å². The fourth-order valence-corrected chi connectivity index (χ4v) is 4.50. The van der Waals surface area contributed by atoms with E-state index in [4.69, 9.17) is 4.42 Å². The predicted octanol–water partition coefficient (Wildman–Crippen LogP) is 7.76. The summed E-state index contributed by atoms with van der Waals surface area (Å²) in [6, 6.07) is 27.8. The summed E-state index contributed by atoms with van der Waals surface area (Å²) >= 11 is 0. The molecule has 0 saturated carbocycles. The largest absolute Gasteiger partial charge is 0.436 e. The summed E-state index contributed by atoms with van der Waals surface area (Å²) in [5, 5.41) is 0. The molecule has 6 rings (SSSR count). The van der Waals surface area contributed by atoms with Crippen LogP contribution in [-0.4, -0.2) is 10.7 Å². The van der Waals surface area contributed by atoms with Crippen molar-refractivity contribution in [2.45, 2.75) is 18.9 Å². The van der Waals surface area contributed by atoms with Crippen molar-refractivity contribution in [2.75, 3.05) is 0 Å². The number of rotatable bonds is 4. The Hall–Kier alpha value is -4.12. The number of benzene rings is 4. The molecule has 1 aliphatic heterocycles. The third kappa shape index (κ3) is 3.69. The summed E-state index contributed by atoms with van der Waals surface area (Å²) in [6.45, 7) is 0. The first-order valence-electron chi connectivity index (χ1n) is 11.2.